The van der Waals surface area contributed by atoms with Gasteiger partial charge in [0.15, 0.2) is 0 Å². The van der Waals surface area contributed by atoms with E-state index in [1.165, 1.54) is 12.8 Å². The van der Waals surface area contributed by atoms with E-state index in [0.717, 1.165) is 51.0 Å². The van der Waals surface area contributed by atoms with E-state index in [2.05, 4.69) is 33.9 Å². The molecule has 1 aliphatic heterocycles. The lowest BCUT2D eigenvalue weighted by Gasteiger charge is -2.27. The molecule has 1 aromatic rings. The molecule has 1 atom stereocenters. The third-order valence-corrected chi connectivity index (χ3v) is 4.29. The smallest absolute Gasteiger partial charge is 0.138 e. The van der Waals surface area contributed by atoms with Gasteiger partial charge in [-0.2, -0.15) is 5.10 Å². The zero-order chi connectivity index (χ0) is 14.0. The van der Waals surface area contributed by atoms with Gasteiger partial charge in [0.1, 0.15) is 12.2 Å². The Balaban J connectivity index is 1.67. The predicted molar refractivity (Wildman–Crippen MR) is 77.5 cm³/mol. The van der Waals surface area contributed by atoms with Crippen molar-refractivity contribution in [2.45, 2.75) is 52.1 Å². The molecule has 0 aromatic carbocycles. The fraction of sp³-hybridized carbons (Fsp3) is 0.867. The van der Waals surface area contributed by atoms with Crippen molar-refractivity contribution in [3.63, 3.8) is 0 Å². The first kappa shape index (κ1) is 14.0. The lowest BCUT2D eigenvalue weighted by atomic mass is 9.83. The van der Waals surface area contributed by atoms with E-state index in [9.17, 15) is 0 Å². The van der Waals surface area contributed by atoms with Gasteiger partial charge >= 0.3 is 0 Å². The summed E-state index contributed by atoms with van der Waals surface area (Å²) in [7, 11) is 0. The molecular weight excluding hydrogens is 252 g/mol. The largest absolute Gasteiger partial charge is 0.381 e. The molecule has 0 spiro atoms. The summed E-state index contributed by atoms with van der Waals surface area (Å²) in [6, 6.07) is 0.751. The van der Waals surface area contributed by atoms with Crippen LogP contribution < -0.4 is 5.32 Å². The van der Waals surface area contributed by atoms with E-state index < -0.39 is 0 Å². The normalized spacial score (nSPS) is 26.6. The molecule has 5 nitrogen and oxygen atoms in total. The molecule has 2 aliphatic rings. The minimum Gasteiger partial charge on any atom is -0.381 e. The third kappa shape index (κ3) is 3.38. The van der Waals surface area contributed by atoms with E-state index in [1.54, 1.807) is 6.33 Å². The van der Waals surface area contributed by atoms with Gasteiger partial charge < -0.3 is 10.1 Å². The van der Waals surface area contributed by atoms with Crippen LogP contribution in [0.2, 0.25) is 0 Å². The van der Waals surface area contributed by atoms with Crippen LogP contribution in [-0.4, -0.2) is 40.6 Å². The fourth-order valence-electron chi connectivity index (χ4n) is 2.90. The molecule has 1 saturated heterocycles. The molecule has 112 valence electrons. The molecule has 1 unspecified atom stereocenters. The molecule has 0 bridgehead atoms. The molecule has 20 heavy (non-hydrogen) atoms. The highest BCUT2D eigenvalue weighted by Gasteiger charge is 2.38. The Morgan fingerprint density at radius 3 is 3.00 bits per heavy atom. The number of hydrogen-bond donors (Lipinski definition) is 1. The van der Waals surface area contributed by atoms with Crippen molar-refractivity contribution in [2.75, 3.05) is 19.8 Å². The van der Waals surface area contributed by atoms with Crippen LogP contribution in [0.4, 0.5) is 0 Å². The van der Waals surface area contributed by atoms with Crippen LogP contribution in [0, 0.1) is 11.3 Å². The second-order valence-corrected chi connectivity index (χ2v) is 6.89. The average molecular weight is 278 g/mol. The summed E-state index contributed by atoms with van der Waals surface area (Å²) in [5.74, 6) is 1.71. The number of nitrogens with zero attached hydrogens (tertiary/aromatic N) is 3. The predicted octanol–water partition coefficient (Wildman–Crippen LogP) is 1.64. The Kier molecular flexibility index (Phi) is 4.08. The Morgan fingerprint density at radius 2 is 2.35 bits per heavy atom. The van der Waals surface area contributed by atoms with Crippen molar-refractivity contribution in [1.82, 2.24) is 20.1 Å². The topological polar surface area (TPSA) is 52.0 Å². The van der Waals surface area contributed by atoms with Crippen LogP contribution >= 0.6 is 0 Å². The van der Waals surface area contributed by atoms with Crippen molar-refractivity contribution in [3.05, 3.63) is 12.2 Å². The van der Waals surface area contributed by atoms with Crippen LogP contribution in [0.15, 0.2) is 6.33 Å². The summed E-state index contributed by atoms with van der Waals surface area (Å²) >= 11 is 0. The number of rotatable bonds is 7. The van der Waals surface area contributed by atoms with E-state index in [-0.39, 0.29) is 5.41 Å². The molecule has 1 N–H and O–H groups in total. The molecule has 1 saturated carbocycles. The van der Waals surface area contributed by atoms with Crippen molar-refractivity contribution in [2.24, 2.45) is 11.3 Å². The van der Waals surface area contributed by atoms with Gasteiger partial charge in [0, 0.05) is 37.6 Å². The molecule has 2 heterocycles. The summed E-state index contributed by atoms with van der Waals surface area (Å²) in [6.45, 7) is 8.16. The Hall–Kier alpha value is -0.940. The number of hydrogen-bond acceptors (Lipinski definition) is 4. The SMILES string of the molecule is CC(C)Cn1ncnc1CC1(CNC2CC2)CCOC1. The summed E-state index contributed by atoms with van der Waals surface area (Å²) in [4.78, 5) is 4.49. The van der Waals surface area contributed by atoms with Crippen LogP contribution in [0.5, 0.6) is 0 Å². The molecule has 1 aliphatic carbocycles. The standard InChI is InChI=1S/C15H26N4O/c1-12(2)8-19-14(17-11-18-19)7-15(5-6-20-10-15)9-16-13-3-4-13/h11-13,16H,3-10H2,1-2H3. The van der Waals surface area contributed by atoms with Gasteiger partial charge in [-0.3, -0.25) is 0 Å². The zero-order valence-corrected chi connectivity index (χ0v) is 12.6. The van der Waals surface area contributed by atoms with Crippen molar-refractivity contribution < 1.29 is 4.74 Å². The van der Waals surface area contributed by atoms with Gasteiger partial charge in [-0.05, 0) is 25.2 Å². The average Bonchev–Trinajstić information content (AvgIpc) is 2.98. The Bertz CT molecular complexity index is 433. The highest BCUT2D eigenvalue weighted by Crippen LogP contribution is 2.33. The van der Waals surface area contributed by atoms with Crippen LogP contribution in [0.25, 0.3) is 0 Å². The lowest BCUT2D eigenvalue weighted by molar-refractivity contribution is 0.147. The second kappa shape index (κ2) is 5.82. The van der Waals surface area contributed by atoms with Gasteiger partial charge in [-0.25, -0.2) is 9.67 Å². The van der Waals surface area contributed by atoms with Gasteiger partial charge in [-0.1, -0.05) is 13.8 Å². The van der Waals surface area contributed by atoms with E-state index >= 15 is 0 Å². The van der Waals surface area contributed by atoms with E-state index in [0.29, 0.717) is 5.92 Å². The Morgan fingerprint density at radius 1 is 1.50 bits per heavy atom. The highest BCUT2D eigenvalue weighted by atomic mass is 16.5. The van der Waals surface area contributed by atoms with Gasteiger partial charge in [0.2, 0.25) is 0 Å². The molecule has 3 rings (SSSR count). The summed E-state index contributed by atoms with van der Waals surface area (Å²) in [5, 5.41) is 8.06. The van der Waals surface area contributed by atoms with E-state index in [1.807, 2.05) is 0 Å². The summed E-state index contributed by atoms with van der Waals surface area (Å²) in [6.07, 6.45) is 6.46. The molecular formula is C15H26N4O. The Labute approximate surface area is 121 Å². The molecule has 5 heteroatoms. The van der Waals surface area contributed by atoms with Gasteiger partial charge in [0.25, 0.3) is 0 Å². The quantitative estimate of drug-likeness (QED) is 0.824. The number of nitrogens with one attached hydrogen (secondary N) is 1. The van der Waals surface area contributed by atoms with Gasteiger partial charge in [0.05, 0.1) is 6.61 Å². The second-order valence-electron chi connectivity index (χ2n) is 6.89. The van der Waals surface area contributed by atoms with Crippen LogP contribution in [-0.2, 0) is 17.7 Å². The maximum absolute atomic E-state index is 5.69. The first-order valence-corrected chi connectivity index (χ1v) is 7.85. The van der Waals surface area contributed by atoms with Gasteiger partial charge in [-0.15, -0.1) is 0 Å². The first-order chi connectivity index (χ1) is 9.67. The van der Waals surface area contributed by atoms with Crippen LogP contribution in [0.3, 0.4) is 0 Å². The maximum atomic E-state index is 5.69. The molecule has 2 fully saturated rings. The minimum atomic E-state index is 0.213. The molecule has 0 amide bonds. The van der Waals surface area contributed by atoms with E-state index in [4.69, 9.17) is 4.74 Å². The number of ether oxygens (including phenoxy) is 1. The fourth-order valence-corrected chi connectivity index (χ4v) is 2.90. The third-order valence-electron chi connectivity index (χ3n) is 4.29. The van der Waals surface area contributed by atoms with Crippen molar-refractivity contribution >= 4 is 0 Å². The number of aromatic nitrogens is 3. The highest BCUT2D eigenvalue weighted by molar-refractivity contribution is 4.98. The zero-order valence-electron chi connectivity index (χ0n) is 12.6. The van der Waals surface area contributed by atoms with Crippen molar-refractivity contribution in [3.8, 4) is 0 Å². The summed E-state index contributed by atoms with van der Waals surface area (Å²) < 4.78 is 7.76. The monoisotopic (exact) mass is 278 g/mol. The maximum Gasteiger partial charge on any atom is 0.138 e. The summed E-state index contributed by atoms with van der Waals surface area (Å²) in [5.41, 5.74) is 0.213. The first-order valence-electron chi connectivity index (χ1n) is 7.85. The lowest BCUT2D eigenvalue weighted by Crippen LogP contribution is -2.38. The molecule has 0 radical (unpaired) electrons. The minimum absolute atomic E-state index is 0.213. The van der Waals surface area contributed by atoms with Crippen LogP contribution in [0.1, 0.15) is 38.9 Å². The van der Waals surface area contributed by atoms with Crippen molar-refractivity contribution in [1.29, 1.82) is 0 Å². The molecule has 1 aromatic heterocycles.